The molecule has 0 bridgehead atoms. The van der Waals surface area contributed by atoms with E-state index in [-0.39, 0.29) is 11.9 Å². The van der Waals surface area contributed by atoms with Gasteiger partial charge in [-0.1, -0.05) is 66.7 Å². The predicted octanol–water partition coefficient (Wildman–Crippen LogP) is 5.03. The Morgan fingerprint density at radius 3 is 2.39 bits per heavy atom. The lowest BCUT2D eigenvalue weighted by molar-refractivity contribution is 0.0944. The van der Waals surface area contributed by atoms with Crippen molar-refractivity contribution in [2.24, 2.45) is 0 Å². The summed E-state index contributed by atoms with van der Waals surface area (Å²) < 4.78 is 1.81. The quantitative estimate of drug-likeness (QED) is 0.408. The van der Waals surface area contributed by atoms with E-state index in [1.54, 1.807) is 12.4 Å². The molecule has 0 saturated carbocycles. The monoisotopic (exact) mass is 433 g/mol. The number of benzene rings is 2. The Morgan fingerprint density at radius 1 is 0.970 bits per heavy atom. The van der Waals surface area contributed by atoms with Crippen LogP contribution >= 0.6 is 0 Å². The van der Waals surface area contributed by atoms with Crippen LogP contribution in [0.25, 0.3) is 22.3 Å². The van der Waals surface area contributed by atoms with E-state index in [9.17, 15) is 4.79 Å². The summed E-state index contributed by atoms with van der Waals surface area (Å²) >= 11 is 0. The third-order valence-electron chi connectivity index (χ3n) is 5.61. The van der Waals surface area contributed by atoms with E-state index in [0.29, 0.717) is 17.8 Å². The van der Waals surface area contributed by atoms with Gasteiger partial charge in [0, 0.05) is 18.3 Å². The van der Waals surface area contributed by atoms with E-state index in [1.165, 1.54) is 0 Å². The van der Waals surface area contributed by atoms with Crippen molar-refractivity contribution in [3.05, 3.63) is 114 Å². The molecule has 3 aromatic heterocycles. The Labute approximate surface area is 192 Å². The van der Waals surface area contributed by atoms with Gasteiger partial charge in [0.1, 0.15) is 0 Å². The second-order valence-electron chi connectivity index (χ2n) is 7.69. The van der Waals surface area contributed by atoms with Crippen LogP contribution in [0.5, 0.6) is 0 Å². The molecule has 1 atom stereocenters. The molecule has 0 radical (unpaired) electrons. The Bertz CT molecular complexity index is 1340. The van der Waals surface area contributed by atoms with Crippen LogP contribution < -0.4 is 5.32 Å². The van der Waals surface area contributed by atoms with Crippen molar-refractivity contribution in [3.8, 4) is 11.3 Å². The summed E-state index contributed by atoms with van der Waals surface area (Å²) in [4.78, 5) is 23.0. The first-order chi connectivity index (χ1) is 16.2. The van der Waals surface area contributed by atoms with Crippen LogP contribution in [0.1, 0.15) is 34.6 Å². The van der Waals surface area contributed by atoms with Gasteiger partial charge < -0.3 is 5.32 Å². The number of aryl methyl sites for hydroxylation is 1. The smallest absolute Gasteiger partial charge is 0.252 e. The van der Waals surface area contributed by atoms with E-state index < -0.39 is 0 Å². The average molecular weight is 434 g/mol. The highest BCUT2D eigenvalue weighted by atomic mass is 16.1. The molecule has 0 spiro atoms. The summed E-state index contributed by atoms with van der Waals surface area (Å²) in [6, 6.07) is 26.9. The fourth-order valence-electron chi connectivity index (χ4n) is 3.95. The first-order valence-electron chi connectivity index (χ1n) is 10.9. The summed E-state index contributed by atoms with van der Waals surface area (Å²) in [6.07, 6.45) is 3.45. The number of hydrogen-bond donors (Lipinski definition) is 1. The topological polar surface area (TPSA) is 72.7 Å². The fourth-order valence-corrected chi connectivity index (χ4v) is 3.95. The number of pyridine rings is 2. The summed E-state index contributed by atoms with van der Waals surface area (Å²) in [7, 11) is 0. The Balaban J connectivity index is 1.60. The molecular weight excluding hydrogens is 410 g/mol. The summed E-state index contributed by atoms with van der Waals surface area (Å²) in [6.45, 7) is 2.67. The Morgan fingerprint density at radius 2 is 1.70 bits per heavy atom. The lowest BCUT2D eigenvalue weighted by Gasteiger charge is -2.19. The van der Waals surface area contributed by atoms with Gasteiger partial charge in [0.15, 0.2) is 5.65 Å². The van der Waals surface area contributed by atoms with E-state index in [2.05, 4.69) is 15.4 Å². The average Bonchev–Trinajstić information content (AvgIpc) is 3.31. The lowest BCUT2D eigenvalue weighted by Crippen LogP contribution is -2.30. The van der Waals surface area contributed by atoms with E-state index >= 15 is 0 Å². The second-order valence-corrected chi connectivity index (χ2v) is 7.69. The van der Waals surface area contributed by atoms with Gasteiger partial charge in [-0.15, -0.1) is 0 Å². The molecule has 0 aliphatic rings. The highest BCUT2D eigenvalue weighted by Gasteiger charge is 2.22. The van der Waals surface area contributed by atoms with Crippen LogP contribution in [-0.4, -0.2) is 25.7 Å². The molecule has 6 nitrogen and oxygen atoms in total. The van der Waals surface area contributed by atoms with Crippen LogP contribution in [0.4, 0.5) is 0 Å². The number of carbonyl (C=O) groups is 1. The van der Waals surface area contributed by atoms with Gasteiger partial charge in [-0.25, -0.2) is 9.67 Å². The van der Waals surface area contributed by atoms with Gasteiger partial charge in [-0.3, -0.25) is 9.78 Å². The molecule has 0 fully saturated rings. The number of aromatic nitrogens is 4. The van der Waals surface area contributed by atoms with Crippen molar-refractivity contribution >= 4 is 16.9 Å². The maximum Gasteiger partial charge on any atom is 0.252 e. The van der Waals surface area contributed by atoms with Gasteiger partial charge in [0.2, 0.25) is 0 Å². The largest absolute Gasteiger partial charge is 0.340 e. The molecule has 1 unspecified atom stereocenters. The zero-order chi connectivity index (χ0) is 22.6. The molecule has 33 heavy (non-hydrogen) atoms. The SMILES string of the molecule is CCn1ncc2c(C(=O)NC(c3ccccc3)c3ccccn3)cc(-c3ccccc3)nc21. The molecule has 0 aliphatic heterocycles. The van der Waals surface area contributed by atoms with Crippen LogP contribution in [0.2, 0.25) is 0 Å². The summed E-state index contributed by atoms with van der Waals surface area (Å²) in [5.74, 6) is -0.199. The van der Waals surface area contributed by atoms with Crippen molar-refractivity contribution in [1.29, 1.82) is 0 Å². The van der Waals surface area contributed by atoms with Crippen molar-refractivity contribution < 1.29 is 4.79 Å². The number of amides is 1. The van der Waals surface area contributed by atoms with E-state index in [1.807, 2.05) is 96.5 Å². The molecule has 0 aliphatic carbocycles. The van der Waals surface area contributed by atoms with Gasteiger partial charge in [0.05, 0.1) is 34.6 Å². The Kier molecular flexibility index (Phi) is 5.64. The van der Waals surface area contributed by atoms with Crippen molar-refractivity contribution in [1.82, 2.24) is 25.1 Å². The highest BCUT2D eigenvalue weighted by molar-refractivity contribution is 6.06. The number of nitrogens with one attached hydrogen (secondary N) is 1. The maximum atomic E-state index is 13.7. The van der Waals surface area contributed by atoms with E-state index in [4.69, 9.17) is 4.98 Å². The molecule has 2 aromatic carbocycles. The van der Waals surface area contributed by atoms with Crippen molar-refractivity contribution in [2.45, 2.75) is 19.5 Å². The summed E-state index contributed by atoms with van der Waals surface area (Å²) in [5, 5.41) is 8.37. The maximum absolute atomic E-state index is 13.7. The van der Waals surface area contributed by atoms with Gasteiger partial charge >= 0.3 is 0 Å². The zero-order valence-electron chi connectivity index (χ0n) is 18.2. The molecule has 5 rings (SSSR count). The van der Waals surface area contributed by atoms with Gasteiger partial charge in [-0.05, 0) is 30.7 Å². The third kappa shape index (κ3) is 4.11. The standard InChI is InChI=1S/C27H23N5O/c1-2-32-26-22(18-29-32)21(17-24(30-26)19-11-5-3-6-12-19)27(33)31-25(20-13-7-4-8-14-20)23-15-9-10-16-28-23/h3-18,25H,2H2,1H3,(H,31,33). The highest BCUT2D eigenvalue weighted by Crippen LogP contribution is 2.27. The normalized spacial score (nSPS) is 11.9. The summed E-state index contributed by atoms with van der Waals surface area (Å²) in [5.41, 5.74) is 4.64. The van der Waals surface area contributed by atoms with Crippen LogP contribution in [0.3, 0.4) is 0 Å². The number of fused-ring (bicyclic) bond motifs is 1. The molecule has 6 heteroatoms. The van der Waals surface area contributed by atoms with Gasteiger partial charge in [0.25, 0.3) is 5.91 Å². The minimum absolute atomic E-state index is 0.199. The molecule has 1 amide bonds. The predicted molar refractivity (Wildman–Crippen MR) is 129 cm³/mol. The molecule has 5 aromatic rings. The Hall–Kier alpha value is -4.32. The first kappa shape index (κ1) is 20.6. The first-order valence-corrected chi connectivity index (χ1v) is 10.9. The molecule has 1 N–H and O–H groups in total. The van der Waals surface area contributed by atoms with Crippen LogP contribution in [0.15, 0.2) is 97.3 Å². The number of carbonyl (C=O) groups excluding carboxylic acids is 1. The number of hydrogen-bond acceptors (Lipinski definition) is 4. The number of rotatable bonds is 6. The lowest BCUT2D eigenvalue weighted by atomic mass is 10.0. The second kappa shape index (κ2) is 9.04. The molecular formula is C27H23N5O. The van der Waals surface area contributed by atoms with Crippen molar-refractivity contribution in [2.75, 3.05) is 0 Å². The van der Waals surface area contributed by atoms with Crippen LogP contribution in [0, 0.1) is 0 Å². The third-order valence-corrected chi connectivity index (χ3v) is 5.61. The molecule has 162 valence electrons. The van der Waals surface area contributed by atoms with Crippen LogP contribution in [-0.2, 0) is 6.54 Å². The van der Waals surface area contributed by atoms with Gasteiger partial charge in [-0.2, -0.15) is 5.10 Å². The van der Waals surface area contributed by atoms with E-state index in [0.717, 1.165) is 27.9 Å². The molecule has 0 saturated heterocycles. The minimum Gasteiger partial charge on any atom is -0.340 e. The zero-order valence-corrected chi connectivity index (χ0v) is 18.2. The van der Waals surface area contributed by atoms with Crippen molar-refractivity contribution in [3.63, 3.8) is 0 Å². The molecule has 3 heterocycles. The minimum atomic E-state index is -0.385. The number of nitrogens with zero attached hydrogens (tertiary/aromatic N) is 4. The fraction of sp³-hybridized carbons (Fsp3) is 0.111.